The first-order valence-electron chi connectivity index (χ1n) is 10.0. The van der Waals surface area contributed by atoms with Crippen LogP contribution in [-0.4, -0.2) is 42.9 Å². The second-order valence-corrected chi connectivity index (χ2v) is 9.61. The molecule has 0 bridgehead atoms. The van der Waals surface area contributed by atoms with E-state index in [4.69, 9.17) is 4.74 Å². The number of fused-ring (bicyclic) bond motifs is 1. The maximum absolute atomic E-state index is 13.3. The number of aromatic nitrogens is 2. The molecule has 2 heterocycles. The van der Waals surface area contributed by atoms with Crippen LogP contribution in [-0.2, 0) is 34.2 Å². The molecule has 4 rings (SSSR count). The highest BCUT2D eigenvalue weighted by Crippen LogP contribution is 2.31. The van der Waals surface area contributed by atoms with E-state index in [0.717, 1.165) is 37.8 Å². The summed E-state index contributed by atoms with van der Waals surface area (Å²) >= 11 is 0. The molecule has 1 aliphatic heterocycles. The SMILES string of the molecule is COCc1nccc([C@H]2CCCN(S(=O)(=O)c3ccc4c(c3)CCCC4)C2)n1. The normalized spacial score (nSPS) is 20.7. The van der Waals surface area contributed by atoms with Crippen molar-refractivity contribution in [3.05, 3.63) is 53.1 Å². The summed E-state index contributed by atoms with van der Waals surface area (Å²) < 4.78 is 33.3. The fraction of sp³-hybridized carbons (Fsp3) is 0.524. The maximum atomic E-state index is 13.3. The molecule has 2 aliphatic rings. The predicted molar refractivity (Wildman–Crippen MR) is 107 cm³/mol. The van der Waals surface area contributed by atoms with Crippen LogP contribution in [0.15, 0.2) is 35.4 Å². The third-order valence-electron chi connectivity index (χ3n) is 5.76. The summed E-state index contributed by atoms with van der Waals surface area (Å²) in [4.78, 5) is 9.22. The van der Waals surface area contributed by atoms with Crippen LogP contribution in [0.1, 0.15) is 54.2 Å². The Morgan fingerprint density at radius 3 is 2.79 bits per heavy atom. The van der Waals surface area contributed by atoms with E-state index in [9.17, 15) is 8.42 Å². The molecular weight excluding hydrogens is 374 g/mol. The van der Waals surface area contributed by atoms with E-state index in [1.165, 1.54) is 17.5 Å². The summed E-state index contributed by atoms with van der Waals surface area (Å²) in [5.74, 6) is 0.717. The largest absolute Gasteiger partial charge is 0.377 e. The zero-order chi connectivity index (χ0) is 19.6. The first-order chi connectivity index (χ1) is 13.6. The second kappa shape index (κ2) is 8.27. The van der Waals surface area contributed by atoms with Gasteiger partial charge >= 0.3 is 0 Å². The Bertz CT molecular complexity index is 946. The Hall–Kier alpha value is -1.83. The summed E-state index contributed by atoms with van der Waals surface area (Å²) in [7, 11) is -1.88. The van der Waals surface area contributed by atoms with Crippen molar-refractivity contribution in [1.29, 1.82) is 0 Å². The molecule has 28 heavy (non-hydrogen) atoms. The van der Waals surface area contributed by atoms with E-state index in [1.807, 2.05) is 18.2 Å². The number of sulfonamides is 1. The van der Waals surface area contributed by atoms with Gasteiger partial charge in [-0.05, 0) is 67.9 Å². The summed E-state index contributed by atoms with van der Waals surface area (Å²) in [6.07, 6.45) is 7.85. The number of methoxy groups -OCH3 is 1. The Balaban J connectivity index is 1.56. The van der Waals surface area contributed by atoms with Crippen molar-refractivity contribution >= 4 is 10.0 Å². The van der Waals surface area contributed by atoms with Crippen molar-refractivity contribution in [1.82, 2.24) is 14.3 Å². The second-order valence-electron chi connectivity index (χ2n) is 7.67. The number of ether oxygens (including phenoxy) is 1. The van der Waals surface area contributed by atoms with Gasteiger partial charge in [-0.1, -0.05) is 6.07 Å². The smallest absolute Gasteiger partial charge is 0.243 e. The van der Waals surface area contributed by atoms with Crippen molar-refractivity contribution in [2.24, 2.45) is 0 Å². The number of nitrogens with zero attached hydrogens (tertiary/aromatic N) is 3. The third kappa shape index (κ3) is 3.97. The van der Waals surface area contributed by atoms with E-state index in [1.54, 1.807) is 23.7 Å². The quantitative estimate of drug-likeness (QED) is 0.770. The lowest BCUT2D eigenvalue weighted by molar-refractivity contribution is 0.177. The Morgan fingerprint density at radius 1 is 1.14 bits per heavy atom. The number of rotatable bonds is 5. The molecule has 0 amide bonds. The van der Waals surface area contributed by atoms with E-state index in [0.29, 0.717) is 30.4 Å². The molecule has 1 aliphatic carbocycles. The van der Waals surface area contributed by atoms with Crippen LogP contribution in [0, 0.1) is 0 Å². The fourth-order valence-corrected chi connectivity index (χ4v) is 5.84. The molecule has 1 aromatic heterocycles. The van der Waals surface area contributed by atoms with Crippen LogP contribution in [0.5, 0.6) is 0 Å². The molecule has 0 unspecified atom stereocenters. The van der Waals surface area contributed by atoms with Crippen LogP contribution in [0.4, 0.5) is 0 Å². The van der Waals surface area contributed by atoms with Gasteiger partial charge in [0.15, 0.2) is 5.82 Å². The van der Waals surface area contributed by atoms with Crippen molar-refractivity contribution in [3.63, 3.8) is 0 Å². The third-order valence-corrected chi connectivity index (χ3v) is 7.62. The van der Waals surface area contributed by atoms with Gasteiger partial charge in [0.1, 0.15) is 6.61 Å². The van der Waals surface area contributed by atoms with Gasteiger partial charge in [-0.3, -0.25) is 0 Å². The lowest BCUT2D eigenvalue weighted by Gasteiger charge is -2.32. The van der Waals surface area contributed by atoms with Gasteiger partial charge in [-0.15, -0.1) is 0 Å². The van der Waals surface area contributed by atoms with Crippen LogP contribution in [0.3, 0.4) is 0 Å². The topological polar surface area (TPSA) is 72.4 Å². The van der Waals surface area contributed by atoms with Crippen LogP contribution in [0.25, 0.3) is 0 Å². The van der Waals surface area contributed by atoms with Gasteiger partial charge in [0.05, 0.1) is 4.90 Å². The number of aryl methyl sites for hydroxylation is 2. The predicted octanol–water partition coefficient (Wildman–Crippen LogP) is 3.07. The summed E-state index contributed by atoms with van der Waals surface area (Å²) in [5, 5.41) is 0. The standard InChI is InChI=1S/C21H27N3O3S/c1-27-15-21-22-11-10-20(23-21)18-7-4-12-24(14-18)28(25,26)19-9-8-16-5-2-3-6-17(16)13-19/h8-11,13,18H,2-7,12,14-15H2,1H3/t18-/m0/s1. The molecule has 1 atom stereocenters. The van der Waals surface area contributed by atoms with E-state index >= 15 is 0 Å². The molecule has 1 aromatic carbocycles. The van der Waals surface area contributed by atoms with Gasteiger partial charge in [0, 0.05) is 38.0 Å². The first kappa shape index (κ1) is 19.5. The Labute approximate surface area is 167 Å². The van der Waals surface area contributed by atoms with Crippen molar-refractivity contribution in [2.75, 3.05) is 20.2 Å². The van der Waals surface area contributed by atoms with E-state index in [2.05, 4.69) is 9.97 Å². The van der Waals surface area contributed by atoms with Crippen molar-refractivity contribution in [3.8, 4) is 0 Å². The Kier molecular flexibility index (Phi) is 5.75. The molecule has 0 radical (unpaired) electrons. The maximum Gasteiger partial charge on any atom is 0.243 e. The molecule has 6 nitrogen and oxygen atoms in total. The van der Waals surface area contributed by atoms with Crippen LogP contribution >= 0.6 is 0 Å². The van der Waals surface area contributed by atoms with Crippen LogP contribution < -0.4 is 0 Å². The average molecular weight is 402 g/mol. The number of piperidine rings is 1. The highest BCUT2D eigenvalue weighted by Gasteiger charge is 2.32. The molecule has 1 fully saturated rings. The molecule has 0 saturated carbocycles. The zero-order valence-corrected chi connectivity index (χ0v) is 17.1. The fourth-order valence-electron chi connectivity index (χ4n) is 4.26. The highest BCUT2D eigenvalue weighted by molar-refractivity contribution is 7.89. The minimum absolute atomic E-state index is 0.0831. The molecular formula is C21H27N3O3S. The first-order valence-corrected chi connectivity index (χ1v) is 11.4. The number of benzene rings is 1. The van der Waals surface area contributed by atoms with Crippen molar-refractivity contribution < 1.29 is 13.2 Å². The molecule has 1 saturated heterocycles. The van der Waals surface area contributed by atoms with Gasteiger partial charge in [-0.25, -0.2) is 18.4 Å². The minimum Gasteiger partial charge on any atom is -0.377 e. The van der Waals surface area contributed by atoms with Crippen LogP contribution in [0.2, 0.25) is 0 Å². The van der Waals surface area contributed by atoms with E-state index in [-0.39, 0.29) is 5.92 Å². The van der Waals surface area contributed by atoms with Gasteiger partial charge < -0.3 is 4.74 Å². The molecule has 150 valence electrons. The summed E-state index contributed by atoms with van der Waals surface area (Å²) in [5.41, 5.74) is 3.39. The Morgan fingerprint density at radius 2 is 1.96 bits per heavy atom. The lowest BCUT2D eigenvalue weighted by Crippen LogP contribution is -2.39. The molecule has 7 heteroatoms. The van der Waals surface area contributed by atoms with Gasteiger partial charge in [0.25, 0.3) is 0 Å². The van der Waals surface area contributed by atoms with Crippen molar-refractivity contribution in [2.45, 2.75) is 55.9 Å². The summed E-state index contributed by atoms with van der Waals surface area (Å²) in [6.45, 7) is 1.38. The van der Waals surface area contributed by atoms with Gasteiger partial charge in [-0.2, -0.15) is 4.31 Å². The average Bonchev–Trinajstić information content (AvgIpc) is 2.74. The van der Waals surface area contributed by atoms with Gasteiger partial charge in [0.2, 0.25) is 10.0 Å². The molecule has 2 aromatic rings. The van der Waals surface area contributed by atoms with E-state index < -0.39 is 10.0 Å². The lowest BCUT2D eigenvalue weighted by atomic mass is 9.92. The highest BCUT2D eigenvalue weighted by atomic mass is 32.2. The zero-order valence-electron chi connectivity index (χ0n) is 16.3. The number of hydrogen-bond acceptors (Lipinski definition) is 5. The molecule has 0 N–H and O–H groups in total. The number of hydrogen-bond donors (Lipinski definition) is 0. The summed E-state index contributed by atoms with van der Waals surface area (Å²) in [6, 6.07) is 7.57. The molecule has 0 spiro atoms. The monoisotopic (exact) mass is 401 g/mol. The minimum atomic E-state index is -3.49.